The molecule has 6 nitrogen and oxygen atoms in total. The highest BCUT2D eigenvalue weighted by Gasteiger charge is 2.19. The fourth-order valence-corrected chi connectivity index (χ4v) is 3.40. The molecule has 2 aromatic rings. The molecular weight excluding hydrogens is 288 g/mol. The maximum Gasteiger partial charge on any atom is 0.242 e. The molecule has 0 unspecified atom stereocenters. The molecule has 2 N–H and O–H groups in total. The van der Waals surface area contributed by atoms with Crippen LogP contribution in [0, 0.1) is 0 Å². The quantitative estimate of drug-likeness (QED) is 0.852. The van der Waals surface area contributed by atoms with Crippen LogP contribution in [0.1, 0.15) is 19.7 Å². The van der Waals surface area contributed by atoms with Crippen LogP contribution in [0.15, 0.2) is 41.6 Å². The number of imidazole rings is 1. The van der Waals surface area contributed by atoms with E-state index in [9.17, 15) is 8.42 Å². The van der Waals surface area contributed by atoms with Gasteiger partial charge in [-0.1, -0.05) is 12.1 Å². The van der Waals surface area contributed by atoms with Gasteiger partial charge in [-0.3, -0.25) is 0 Å². The zero-order chi connectivity index (χ0) is 15.5. The van der Waals surface area contributed by atoms with Gasteiger partial charge < -0.3 is 9.88 Å². The minimum atomic E-state index is -3.53. The molecule has 0 fully saturated rings. The number of aromatic nitrogens is 2. The van der Waals surface area contributed by atoms with Crippen LogP contribution in [0.4, 0.5) is 5.69 Å². The number of hydrogen-bond acceptors (Lipinski definition) is 4. The lowest BCUT2D eigenvalue weighted by Gasteiger charge is -2.14. The van der Waals surface area contributed by atoms with Gasteiger partial charge in [0.25, 0.3) is 0 Å². The van der Waals surface area contributed by atoms with Crippen molar-refractivity contribution in [1.29, 1.82) is 0 Å². The largest absolute Gasteiger partial charge is 0.377 e. The van der Waals surface area contributed by atoms with Crippen molar-refractivity contribution in [3.8, 4) is 0 Å². The summed E-state index contributed by atoms with van der Waals surface area (Å²) in [5.41, 5.74) is 0.564. The first-order valence-electron chi connectivity index (χ1n) is 6.71. The number of rotatable bonds is 6. The molecule has 0 aliphatic rings. The van der Waals surface area contributed by atoms with Crippen molar-refractivity contribution in [3.05, 3.63) is 42.5 Å². The van der Waals surface area contributed by atoms with E-state index in [-0.39, 0.29) is 10.9 Å². The second-order valence-corrected chi connectivity index (χ2v) is 6.76. The van der Waals surface area contributed by atoms with Crippen LogP contribution in [0.25, 0.3) is 0 Å². The molecule has 2 rings (SSSR count). The van der Waals surface area contributed by atoms with Gasteiger partial charge in [0.2, 0.25) is 10.0 Å². The first-order chi connectivity index (χ1) is 9.90. The second kappa shape index (κ2) is 6.28. The first-order valence-corrected chi connectivity index (χ1v) is 8.20. The van der Waals surface area contributed by atoms with Crippen molar-refractivity contribution in [3.63, 3.8) is 0 Å². The van der Waals surface area contributed by atoms with Gasteiger partial charge in [-0.05, 0) is 26.0 Å². The number of sulfonamides is 1. The molecule has 0 atom stereocenters. The number of anilines is 1. The summed E-state index contributed by atoms with van der Waals surface area (Å²) in [6.45, 7) is 4.04. The lowest BCUT2D eigenvalue weighted by atomic mass is 10.3. The maximum atomic E-state index is 12.3. The highest BCUT2D eigenvalue weighted by Crippen LogP contribution is 2.21. The first kappa shape index (κ1) is 15.5. The van der Waals surface area contributed by atoms with Crippen molar-refractivity contribution < 1.29 is 8.42 Å². The summed E-state index contributed by atoms with van der Waals surface area (Å²) in [6, 6.07) is 6.69. The van der Waals surface area contributed by atoms with Crippen LogP contribution in [0.3, 0.4) is 0 Å². The minimum absolute atomic E-state index is 0.155. The summed E-state index contributed by atoms with van der Waals surface area (Å²) in [5, 5.41) is 3.13. The molecule has 7 heteroatoms. The Bertz CT molecular complexity index is 707. The summed E-state index contributed by atoms with van der Waals surface area (Å²) < 4.78 is 29.1. The van der Waals surface area contributed by atoms with Crippen molar-refractivity contribution in [2.24, 2.45) is 7.05 Å². The second-order valence-electron chi connectivity index (χ2n) is 5.08. The maximum absolute atomic E-state index is 12.3. The van der Waals surface area contributed by atoms with Gasteiger partial charge in [0.05, 0.1) is 12.2 Å². The predicted molar refractivity (Wildman–Crippen MR) is 82.4 cm³/mol. The number of para-hydroxylation sites is 1. The lowest BCUT2D eigenvalue weighted by molar-refractivity contribution is 0.570. The van der Waals surface area contributed by atoms with E-state index in [0.717, 1.165) is 5.82 Å². The average molecular weight is 308 g/mol. The van der Waals surface area contributed by atoms with Gasteiger partial charge in [0.15, 0.2) is 0 Å². The molecule has 0 bridgehead atoms. The number of nitrogens with zero attached hydrogens (tertiary/aromatic N) is 2. The molecule has 1 aromatic heterocycles. The SMILES string of the molecule is CC(C)NS(=O)(=O)c1ccccc1NCc1nccn1C. The molecule has 114 valence electrons. The monoisotopic (exact) mass is 308 g/mol. The lowest BCUT2D eigenvalue weighted by Crippen LogP contribution is -2.30. The number of benzene rings is 1. The molecular formula is C14H20N4O2S. The summed E-state index contributed by atoms with van der Waals surface area (Å²) >= 11 is 0. The normalized spacial score (nSPS) is 11.8. The number of aryl methyl sites for hydroxylation is 1. The van der Waals surface area contributed by atoms with Gasteiger partial charge in [0.1, 0.15) is 10.7 Å². The fraction of sp³-hybridized carbons (Fsp3) is 0.357. The molecule has 1 heterocycles. The van der Waals surface area contributed by atoms with E-state index in [1.165, 1.54) is 0 Å². The van der Waals surface area contributed by atoms with Gasteiger partial charge in [-0.2, -0.15) is 0 Å². The summed E-state index contributed by atoms with van der Waals surface area (Å²) in [4.78, 5) is 4.45. The van der Waals surface area contributed by atoms with Crippen molar-refractivity contribution >= 4 is 15.7 Å². The van der Waals surface area contributed by atoms with E-state index in [0.29, 0.717) is 12.2 Å². The molecule has 0 spiro atoms. The summed E-state index contributed by atoms with van der Waals surface area (Å²) in [6.07, 6.45) is 3.56. The van der Waals surface area contributed by atoms with Crippen molar-refractivity contribution in [2.45, 2.75) is 31.3 Å². The highest BCUT2D eigenvalue weighted by atomic mass is 32.2. The van der Waals surface area contributed by atoms with Gasteiger partial charge in [-0.25, -0.2) is 18.1 Å². The van der Waals surface area contributed by atoms with Crippen LogP contribution in [0.2, 0.25) is 0 Å². The average Bonchev–Trinajstić information content (AvgIpc) is 2.81. The Kier molecular flexibility index (Phi) is 4.64. The Morgan fingerprint density at radius 3 is 2.62 bits per heavy atom. The third kappa shape index (κ3) is 3.83. The smallest absolute Gasteiger partial charge is 0.242 e. The van der Waals surface area contributed by atoms with Gasteiger partial charge >= 0.3 is 0 Å². The molecule has 21 heavy (non-hydrogen) atoms. The van der Waals surface area contributed by atoms with E-state index in [1.807, 2.05) is 17.8 Å². The van der Waals surface area contributed by atoms with Crippen LogP contribution < -0.4 is 10.0 Å². The van der Waals surface area contributed by atoms with E-state index < -0.39 is 10.0 Å². The Labute approximate surface area is 125 Å². The van der Waals surface area contributed by atoms with Gasteiger partial charge in [0, 0.05) is 25.5 Å². The van der Waals surface area contributed by atoms with E-state index in [4.69, 9.17) is 0 Å². The predicted octanol–water partition coefficient (Wildman–Crippen LogP) is 1.72. The molecule has 0 radical (unpaired) electrons. The van der Waals surface area contributed by atoms with Crippen molar-refractivity contribution in [1.82, 2.24) is 14.3 Å². The standard InChI is InChI=1S/C14H20N4O2S/c1-11(2)17-21(19,20)13-7-5-4-6-12(13)16-10-14-15-8-9-18(14)3/h4-9,11,16-17H,10H2,1-3H3. The Balaban J connectivity index is 2.23. The Morgan fingerprint density at radius 1 is 1.29 bits per heavy atom. The topological polar surface area (TPSA) is 76.0 Å². The number of nitrogens with one attached hydrogen (secondary N) is 2. The number of hydrogen-bond donors (Lipinski definition) is 2. The molecule has 0 saturated carbocycles. The Morgan fingerprint density at radius 2 is 2.00 bits per heavy atom. The highest BCUT2D eigenvalue weighted by molar-refractivity contribution is 7.89. The molecule has 0 aliphatic carbocycles. The van der Waals surface area contributed by atoms with E-state index in [2.05, 4.69) is 15.0 Å². The third-order valence-electron chi connectivity index (χ3n) is 2.93. The molecule has 0 saturated heterocycles. The van der Waals surface area contributed by atoms with Crippen LogP contribution in [-0.4, -0.2) is 24.0 Å². The van der Waals surface area contributed by atoms with Crippen LogP contribution >= 0.6 is 0 Å². The zero-order valence-electron chi connectivity index (χ0n) is 12.4. The van der Waals surface area contributed by atoms with E-state index in [1.54, 1.807) is 44.3 Å². The molecule has 0 aliphatic heterocycles. The minimum Gasteiger partial charge on any atom is -0.377 e. The zero-order valence-corrected chi connectivity index (χ0v) is 13.2. The van der Waals surface area contributed by atoms with Crippen LogP contribution in [0.5, 0.6) is 0 Å². The van der Waals surface area contributed by atoms with Gasteiger partial charge in [-0.15, -0.1) is 0 Å². The van der Waals surface area contributed by atoms with Crippen LogP contribution in [-0.2, 0) is 23.6 Å². The molecule has 1 aromatic carbocycles. The summed E-state index contributed by atoms with van der Waals surface area (Å²) in [7, 11) is -1.64. The molecule has 0 amide bonds. The summed E-state index contributed by atoms with van der Waals surface area (Å²) in [5.74, 6) is 0.832. The fourth-order valence-electron chi connectivity index (χ4n) is 1.96. The van der Waals surface area contributed by atoms with Crippen molar-refractivity contribution in [2.75, 3.05) is 5.32 Å². The van der Waals surface area contributed by atoms with E-state index >= 15 is 0 Å². The Hall–Kier alpha value is -1.86. The third-order valence-corrected chi connectivity index (χ3v) is 4.64.